The van der Waals surface area contributed by atoms with Crippen molar-refractivity contribution in [3.8, 4) is 0 Å². The van der Waals surface area contributed by atoms with E-state index in [1.54, 1.807) is 0 Å². The van der Waals surface area contributed by atoms with E-state index in [0.29, 0.717) is 11.5 Å². The molecule has 2 rings (SSSR count). The number of hydrogen-bond donors (Lipinski definition) is 1. The number of rotatable bonds is 2. The molecule has 1 aliphatic heterocycles. The minimum absolute atomic E-state index is 0.393. The van der Waals surface area contributed by atoms with Crippen LogP contribution < -0.4 is 10.2 Å². The molecular formula is C16H26N2. The van der Waals surface area contributed by atoms with Gasteiger partial charge in [-0.3, -0.25) is 0 Å². The molecule has 2 heteroatoms. The van der Waals surface area contributed by atoms with Crippen molar-refractivity contribution in [1.82, 2.24) is 5.32 Å². The molecule has 0 aliphatic carbocycles. The van der Waals surface area contributed by atoms with Crippen LogP contribution in [0.3, 0.4) is 0 Å². The zero-order valence-electron chi connectivity index (χ0n) is 12.4. The van der Waals surface area contributed by atoms with Crippen LogP contribution in [-0.2, 0) is 0 Å². The molecule has 1 atom stereocenters. The summed E-state index contributed by atoms with van der Waals surface area (Å²) >= 11 is 0. The van der Waals surface area contributed by atoms with E-state index in [2.05, 4.69) is 63.2 Å². The van der Waals surface area contributed by atoms with Crippen molar-refractivity contribution in [2.75, 3.05) is 25.0 Å². The first-order valence-corrected chi connectivity index (χ1v) is 6.93. The lowest BCUT2D eigenvalue weighted by Crippen LogP contribution is -2.54. The standard InChI is InChI=1S/C16H26N2/c1-12-8-13(2)10-14(9-12)18-7-6-16(3,4)15(11-18)17-5/h8-10,15,17H,6-7,11H2,1-5H3. The van der Waals surface area contributed by atoms with Crippen molar-refractivity contribution in [2.45, 2.75) is 40.2 Å². The van der Waals surface area contributed by atoms with E-state index in [1.165, 1.54) is 23.2 Å². The zero-order chi connectivity index (χ0) is 13.3. The Labute approximate surface area is 111 Å². The van der Waals surface area contributed by atoms with Gasteiger partial charge in [-0.25, -0.2) is 0 Å². The monoisotopic (exact) mass is 246 g/mol. The van der Waals surface area contributed by atoms with Crippen LogP contribution in [0.25, 0.3) is 0 Å². The normalized spacial score (nSPS) is 23.2. The number of aryl methyl sites for hydroxylation is 2. The minimum Gasteiger partial charge on any atom is -0.370 e. The van der Waals surface area contributed by atoms with Gasteiger partial charge in [0.15, 0.2) is 0 Å². The maximum atomic E-state index is 3.48. The molecule has 0 saturated carbocycles. The van der Waals surface area contributed by atoms with Crippen molar-refractivity contribution in [3.05, 3.63) is 29.3 Å². The van der Waals surface area contributed by atoms with Gasteiger partial charge in [0.25, 0.3) is 0 Å². The first-order valence-electron chi connectivity index (χ1n) is 6.93. The van der Waals surface area contributed by atoms with Crippen molar-refractivity contribution < 1.29 is 0 Å². The molecule has 18 heavy (non-hydrogen) atoms. The highest BCUT2D eigenvalue weighted by atomic mass is 15.2. The molecule has 1 aliphatic rings. The third-order valence-electron chi connectivity index (χ3n) is 4.29. The molecular weight excluding hydrogens is 220 g/mol. The molecule has 1 aromatic carbocycles. The second-order valence-corrected chi connectivity index (χ2v) is 6.37. The zero-order valence-corrected chi connectivity index (χ0v) is 12.4. The Morgan fingerprint density at radius 1 is 1.17 bits per heavy atom. The van der Waals surface area contributed by atoms with Crippen molar-refractivity contribution in [1.29, 1.82) is 0 Å². The van der Waals surface area contributed by atoms with Crippen LogP contribution in [0.1, 0.15) is 31.4 Å². The lowest BCUT2D eigenvalue weighted by atomic mass is 9.78. The molecule has 1 aromatic rings. The molecule has 1 fully saturated rings. The van der Waals surface area contributed by atoms with E-state index in [4.69, 9.17) is 0 Å². The number of nitrogens with zero attached hydrogens (tertiary/aromatic N) is 1. The summed E-state index contributed by atoms with van der Waals surface area (Å²) < 4.78 is 0. The molecule has 0 spiro atoms. The Morgan fingerprint density at radius 3 is 2.33 bits per heavy atom. The summed E-state index contributed by atoms with van der Waals surface area (Å²) in [5.74, 6) is 0. The average Bonchev–Trinajstić information content (AvgIpc) is 2.27. The van der Waals surface area contributed by atoms with Crippen LogP contribution in [0.15, 0.2) is 18.2 Å². The summed E-state index contributed by atoms with van der Waals surface area (Å²) in [7, 11) is 2.08. The smallest absolute Gasteiger partial charge is 0.0372 e. The van der Waals surface area contributed by atoms with E-state index in [-0.39, 0.29) is 0 Å². The molecule has 0 bridgehead atoms. The predicted molar refractivity (Wildman–Crippen MR) is 79.4 cm³/mol. The number of likely N-dealkylation sites (N-methyl/N-ethyl adjacent to an activating group) is 1. The quantitative estimate of drug-likeness (QED) is 0.862. The summed E-state index contributed by atoms with van der Waals surface area (Å²) in [6, 6.07) is 7.41. The van der Waals surface area contributed by atoms with E-state index in [1.807, 2.05) is 0 Å². The fourth-order valence-corrected chi connectivity index (χ4v) is 3.01. The van der Waals surface area contributed by atoms with Crippen LogP contribution in [0.2, 0.25) is 0 Å². The van der Waals surface area contributed by atoms with Gasteiger partial charge in [0.1, 0.15) is 0 Å². The van der Waals surface area contributed by atoms with E-state index in [0.717, 1.165) is 13.1 Å². The lowest BCUT2D eigenvalue weighted by molar-refractivity contribution is 0.208. The molecule has 0 amide bonds. The van der Waals surface area contributed by atoms with Crippen molar-refractivity contribution >= 4 is 5.69 Å². The third kappa shape index (κ3) is 2.69. The number of hydrogen-bond acceptors (Lipinski definition) is 2. The number of nitrogens with one attached hydrogen (secondary N) is 1. The van der Waals surface area contributed by atoms with Gasteiger partial charge in [-0.15, -0.1) is 0 Å². The fourth-order valence-electron chi connectivity index (χ4n) is 3.01. The van der Waals surface area contributed by atoms with Crippen LogP contribution in [-0.4, -0.2) is 26.2 Å². The highest BCUT2D eigenvalue weighted by Gasteiger charge is 2.34. The molecule has 100 valence electrons. The van der Waals surface area contributed by atoms with Gasteiger partial charge in [-0.2, -0.15) is 0 Å². The molecule has 0 radical (unpaired) electrons. The van der Waals surface area contributed by atoms with Crippen molar-refractivity contribution in [3.63, 3.8) is 0 Å². The fraction of sp³-hybridized carbons (Fsp3) is 0.625. The summed E-state index contributed by atoms with van der Waals surface area (Å²) in [4.78, 5) is 2.52. The van der Waals surface area contributed by atoms with Gasteiger partial charge in [0, 0.05) is 24.8 Å². The first kappa shape index (κ1) is 13.4. The third-order valence-corrected chi connectivity index (χ3v) is 4.29. The maximum Gasteiger partial charge on any atom is 0.0372 e. The SMILES string of the molecule is CNC1CN(c2cc(C)cc(C)c2)CCC1(C)C. The van der Waals surface area contributed by atoms with Gasteiger partial charge in [-0.05, 0) is 56.0 Å². The highest BCUT2D eigenvalue weighted by Crippen LogP contribution is 2.33. The van der Waals surface area contributed by atoms with Crippen molar-refractivity contribution in [2.24, 2.45) is 5.41 Å². The van der Waals surface area contributed by atoms with Gasteiger partial charge in [0.2, 0.25) is 0 Å². The maximum absolute atomic E-state index is 3.48. The van der Waals surface area contributed by atoms with E-state index in [9.17, 15) is 0 Å². The second-order valence-electron chi connectivity index (χ2n) is 6.37. The summed E-state index contributed by atoms with van der Waals surface area (Å²) in [5, 5.41) is 3.48. The molecule has 1 saturated heterocycles. The van der Waals surface area contributed by atoms with Gasteiger partial charge < -0.3 is 10.2 Å². The first-order chi connectivity index (χ1) is 8.42. The molecule has 2 nitrogen and oxygen atoms in total. The summed E-state index contributed by atoms with van der Waals surface area (Å²) in [5.41, 5.74) is 4.49. The minimum atomic E-state index is 0.393. The Kier molecular flexibility index (Phi) is 3.67. The van der Waals surface area contributed by atoms with E-state index >= 15 is 0 Å². The van der Waals surface area contributed by atoms with Crippen LogP contribution in [0, 0.1) is 19.3 Å². The topological polar surface area (TPSA) is 15.3 Å². The molecule has 1 unspecified atom stereocenters. The van der Waals surface area contributed by atoms with Crippen LogP contribution >= 0.6 is 0 Å². The average molecular weight is 246 g/mol. The van der Waals surface area contributed by atoms with Crippen LogP contribution in [0.5, 0.6) is 0 Å². The van der Waals surface area contributed by atoms with Gasteiger partial charge in [0.05, 0.1) is 0 Å². The Bertz CT molecular complexity index is 403. The number of anilines is 1. The highest BCUT2D eigenvalue weighted by molar-refractivity contribution is 5.51. The lowest BCUT2D eigenvalue weighted by Gasteiger charge is -2.45. The number of piperidine rings is 1. The molecule has 0 aromatic heterocycles. The van der Waals surface area contributed by atoms with Crippen LogP contribution in [0.4, 0.5) is 5.69 Å². The van der Waals surface area contributed by atoms with Gasteiger partial charge in [-0.1, -0.05) is 19.9 Å². The largest absolute Gasteiger partial charge is 0.370 e. The number of benzene rings is 1. The summed E-state index contributed by atoms with van der Waals surface area (Å²) in [6.45, 7) is 11.4. The molecule has 1 N–H and O–H groups in total. The Morgan fingerprint density at radius 2 is 1.78 bits per heavy atom. The van der Waals surface area contributed by atoms with E-state index < -0.39 is 0 Å². The second kappa shape index (κ2) is 4.93. The Hall–Kier alpha value is -1.02. The van der Waals surface area contributed by atoms with Gasteiger partial charge >= 0.3 is 0 Å². The Balaban J connectivity index is 2.20. The molecule has 1 heterocycles. The predicted octanol–water partition coefficient (Wildman–Crippen LogP) is 3.13. The summed E-state index contributed by atoms with van der Waals surface area (Å²) in [6.07, 6.45) is 1.24.